The highest BCUT2D eigenvalue weighted by molar-refractivity contribution is 5.28. The number of allylic oxidation sites excluding steroid dienone is 4. The Morgan fingerprint density at radius 3 is 2.00 bits per heavy atom. The van der Waals surface area contributed by atoms with Crippen LogP contribution in [0.2, 0.25) is 0 Å². The van der Waals surface area contributed by atoms with Gasteiger partial charge in [0.2, 0.25) is 0 Å². The van der Waals surface area contributed by atoms with E-state index in [1.165, 1.54) is 17.6 Å². The fourth-order valence-corrected chi connectivity index (χ4v) is 1.85. The van der Waals surface area contributed by atoms with Crippen LogP contribution in [-0.4, -0.2) is 0 Å². The quantitative estimate of drug-likeness (QED) is 0.575. The fraction of sp³-hybridized carbons (Fsp3) is 0.412. The van der Waals surface area contributed by atoms with Crippen LogP contribution in [0.3, 0.4) is 0 Å². The number of hydrogen-bond donors (Lipinski definition) is 0. The maximum absolute atomic E-state index is 2.38. The van der Waals surface area contributed by atoms with Gasteiger partial charge in [-0.05, 0) is 32.1 Å². The minimum atomic E-state index is 0.929. The molecule has 0 saturated heterocycles. The molecule has 1 aromatic rings. The van der Waals surface area contributed by atoms with E-state index in [9.17, 15) is 0 Å². The molecule has 2 aliphatic rings. The van der Waals surface area contributed by atoms with Crippen LogP contribution in [-0.2, 0) is 0 Å². The summed E-state index contributed by atoms with van der Waals surface area (Å²) >= 11 is 0. The van der Waals surface area contributed by atoms with Crippen molar-refractivity contribution in [3.8, 4) is 0 Å². The van der Waals surface area contributed by atoms with E-state index in [0.29, 0.717) is 0 Å². The highest BCUT2D eigenvalue weighted by Crippen LogP contribution is 2.43. The maximum Gasteiger partial charge on any atom is -0.0159 e. The average Bonchev–Trinajstić information content (AvgIpc) is 3.12. The van der Waals surface area contributed by atoms with E-state index >= 15 is 0 Å². The summed E-state index contributed by atoms with van der Waals surface area (Å²) in [4.78, 5) is 0. The summed E-state index contributed by atoms with van der Waals surface area (Å²) in [7, 11) is 0. The van der Waals surface area contributed by atoms with Gasteiger partial charge in [-0.2, -0.15) is 0 Å². The fourth-order valence-electron chi connectivity index (χ4n) is 1.85. The Balaban J connectivity index is 0.000000150. The summed E-state index contributed by atoms with van der Waals surface area (Å²) in [5.74, 6) is 1.86. The van der Waals surface area contributed by atoms with Crippen LogP contribution < -0.4 is 0 Å². The number of aryl methyl sites for hydroxylation is 1. The Morgan fingerprint density at radius 1 is 0.941 bits per heavy atom. The van der Waals surface area contributed by atoms with E-state index in [0.717, 1.165) is 11.8 Å². The third-order valence-electron chi connectivity index (χ3n) is 2.91. The Hall–Kier alpha value is -1.30. The molecule has 3 rings (SSSR count). The standard InChI is InChI=1S/C8H10.C7H8.C2H6/c1-6-2-3-7-5-8(7)4-6;1-7-5-3-2-4-6-7;1-2/h2-4,7-8H,5H2,1H3;2-6H,1H3;1-2H3. The normalized spacial score (nSPS) is 23.2. The maximum atomic E-state index is 2.38. The second-order valence-electron chi connectivity index (χ2n) is 4.49. The molecule has 0 heterocycles. The molecule has 17 heavy (non-hydrogen) atoms. The first-order valence-electron chi connectivity index (χ1n) is 6.64. The summed E-state index contributed by atoms with van der Waals surface area (Å²) in [5, 5.41) is 0. The van der Waals surface area contributed by atoms with Gasteiger partial charge < -0.3 is 0 Å². The number of hydrogen-bond acceptors (Lipinski definition) is 0. The molecule has 2 unspecified atom stereocenters. The van der Waals surface area contributed by atoms with Crippen molar-refractivity contribution >= 4 is 0 Å². The molecule has 0 aliphatic heterocycles. The monoisotopic (exact) mass is 228 g/mol. The molecule has 92 valence electrons. The second-order valence-corrected chi connectivity index (χ2v) is 4.49. The topological polar surface area (TPSA) is 0 Å². The first-order valence-corrected chi connectivity index (χ1v) is 6.64. The van der Waals surface area contributed by atoms with Crippen molar-refractivity contribution in [2.24, 2.45) is 11.8 Å². The largest absolute Gasteiger partial charge is 0.0806 e. The summed E-state index contributed by atoms with van der Waals surface area (Å²) in [6.45, 7) is 8.26. The number of fused-ring (bicyclic) bond motifs is 1. The molecule has 1 aromatic carbocycles. The van der Waals surface area contributed by atoms with Gasteiger partial charge in [0.25, 0.3) is 0 Å². The molecule has 0 N–H and O–H groups in total. The van der Waals surface area contributed by atoms with Gasteiger partial charge >= 0.3 is 0 Å². The smallest absolute Gasteiger partial charge is 0.0159 e. The molecule has 0 nitrogen and oxygen atoms in total. The van der Waals surface area contributed by atoms with Gasteiger partial charge in [0, 0.05) is 0 Å². The van der Waals surface area contributed by atoms with Crippen molar-refractivity contribution in [3.63, 3.8) is 0 Å². The minimum absolute atomic E-state index is 0.929. The first-order chi connectivity index (χ1) is 8.25. The van der Waals surface area contributed by atoms with Crippen molar-refractivity contribution in [3.05, 3.63) is 59.7 Å². The molecule has 2 aliphatic carbocycles. The number of rotatable bonds is 0. The van der Waals surface area contributed by atoms with E-state index in [4.69, 9.17) is 0 Å². The third kappa shape index (κ3) is 5.04. The second kappa shape index (κ2) is 7.11. The van der Waals surface area contributed by atoms with Crippen molar-refractivity contribution < 1.29 is 0 Å². The van der Waals surface area contributed by atoms with Crippen molar-refractivity contribution in [2.75, 3.05) is 0 Å². The zero-order valence-electron chi connectivity index (χ0n) is 11.5. The lowest BCUT2D eigenvalue weighted by Gasteiger charge is -1.96. The Morgan fingerprint density at radius 2 is 1.59 bits per heavy atom. The summed E-state index contributed by atoms with van der Waals surface area (Å²) in [6, 6.07) is 10.3. The van der Waals surface area contributed by atoms with Crippen LogP contribution >= 0.6 is 0 Å². The molecule has 0 bridgehead atoms. The van der Waals surface area contributed by atoms with E-state index in [2.05, 4.69) is 44.2 Å². The number of benzene rings is 1. The Labute approximate surface area is 106 Å². The van der Waals surface area contributed by atoms with Gasteiger partial charge in [0.15, 0.2) is 0 Å². The van der Waals surface area contributed by atoms with Gasteiger partial charge in [-0.1, -0.05) is 73.5 Å². The Kier molecular flexibility index (Phi) is 5.76. The van der Waals surface area contributed by atoms with Crippen LogP contribution in [0.4, 0.5) is 0 Å². The lowest BCUT2D eigenvalue weighted by Crippen LogP contribution is -1.81. The Bertz CT molecular complexity index is 370. The molecule has 0 heteroatoms. The molecule has 0 amide bonds. The first kappa shape index (κ1) is 13.8. The van der Waals surface area contributed by atoms with E-state index < -0.39 is 0 Å². The molecule has 0 spiro atoms. The van der Waals surface area contributed by atoms with E-state index in [-0.39, 0.29) is 0 Å². The van der Waals surface area contributed by atoms with E-state index in [1.54, 1.807) is 0 Å². The van der Waals surface area contributed by atoms with E-state index in [1.807, 2.05) is 32.0 Å². The zero-order chi connectivity index (χ0) is 12.7. The van der Waals surface area contributed by atoms with Gasteiger partial charge in [-0.15, -0.1) is 0 Å². The summed E-state index contributed by atoms with van der Waals surface area (Å²) in [6.07, 6.45) is 8.35. The van der Waals surface area contributed by atoms with Crippen LogP contribution in [0.5, 0.6) is 0 Å². The molecular formula is C17H24. The highest BCUT2D eigenvalue weighted by Gasteiger charge is 2.33. The van der Waals surface area contributed by atoms with Crippen LogP contribution in [0, 0.1) is 18.8 Å². The minimum Gasteiger partial charge on any atom is -0.0806 e. The SMILES string of the molecule is CC.CC1=CC2CC2C=C1.Cc1ccccc1. The molecular weight excluding hydrogens is 204 g/mol. The summed E-state index contributed by atoms with van der Waals surface area (Å²) in [5.41, 5.74) is 2.77. The summed E-state index contributed by atoms with van der Waals surface area (Å²) < 4.78 is 0. The lowest BCUT2D eigenvalue weighted by molar-refractivity contribution is 0.964. The van der Waals surface area contributed by atoms with Crippen molar-refractivity contribution in [2.45, 2.75) is 34.1 Å². The van der Waals surface area contributed by atoms with Gasteiger partial charge in [-0.25, -0.2) is 0 Å². The average molecular weight is 228 g/mol. The van der Waals surface area contributed by atoms with Crippen molar-refractivity contribution in [1.82, 2.24) is 0 Å². The van der Waals surface area contributed by atoms with Crippen LogP contribution in [0.1, 0.15) is 32.8 Å². The molecule has 0 radical (unpaired) electrons. The highest BCUT2D eigenvalue weighted by atomic mass is 14.4. The van der Waals surface area contributed by atoms with Gasteiger partial charge in [-0.3, -0.25) is 0 Å². The van der Waals surface area contributed by atoms with Gasteiger partial charge in [0.1, 0.15) is 0 Å². The predicted octanol–water partition coefficient (Wildman–Crippen LogP) is 5.16. The molecule has 1 saturated carbocycles. The zero-order valence-corrected chi connectivity index (χ0v) is 11.5. The lowest BCUT2D eigenvalue weighted by atomic mass is 10.1. The molecule has 0 aromatic heterocycles. The molecule has 2 atom stereocenters. The third-order valence-corrected chi connectivity index (χ3v) is 2.91. The van der Waals surface area contributed by atoms with Crippen molar-refractivity contribution in [1.29, 1.82) is 0 Å². The molecule has 1 fully saturated rings. The van der Waals surface area contributed by atoms with Crippen LogP contribution in [0.15, 0.2) is 54.1 Å². The van der Waals surface area contributed by atoms with Gasteiger partial charge in [0.05, 0.1) is 0 Å². The predicted molar refractivity (Wildman–Crippen MR) is 77.0 cm³/mol. The van der Waals surface area contributed by atoms with Crippen LogP contribution in [0.25, 0.3) is 0 Å².